The van der Waals surface area contributed by atoms with Gasteiger partial charge in [-0.1, -0.05) is 30.3 Å². The second-order valence-corrected chi connectivity index (χ2v) is 7.17. The number of pyridine rings is 1. The number of nitrogens with zero attached hydrogens (tertiary/aromatic N) is 3. The molecule has 1 aromatic carbocycles. The first-order chi connectivity index (χ1) is 13.7. The standard InChI is InChI=1S/C22H24N4O2/c1-26-20(7-10-25-26)18-13-17(14-23-16-18)15-24-21(27)22(8-11-28-12-9-22)19-5-3-2-4-6-19/h2-7,10,13-14,16H,8-9,11-12,15H2,1H3,(H,24,27). The van der Waals surface area contributed by atoms with Crippen LogP contribution in [0.1, 0.15) is 24.0 Å². The monoisotopic (exact) mass is 376 g/mol. The van der Waals surface area contributed by atoms with Gasteiger partial charge in [0.05, 0.1) is 11.1 Å². The van der Waals surface area contributed by atoms with Crippen LogP contribution in [0.2, 0.25) is 0 Å². The summed E-state index contributed by atoms with van der Waals surface area (Å²) in [7, 11) is 1.90. The average Bonchev–Trinajstić information content (AvgIpc) is 3.19. The van der Waals surface area contributed by atoms with Crippen molar-refractivity contribution in [3.8, 4) is 11.3 Å². The van der Waals surface area contributed by atoms with Gasteiger partial charge in [0.2, 0.25) is 5.91 Å². The number of amides is 1. The zero-order valence-electron chi connectivity index (χ0n) is 16.0. The smallest absolute Gasteiger partial charge is 0.231 e. The SMILES string of the molecule is Cn1nccc1-c1cncc(CNC(=O)C2(c3ccccc3)CCOCC2)c1. The molecule has 1 N–H and O–H groups in total. The number of hydrogen-bond acceptors (Lipinski definition) is 4. The number of carbonyl (C=O) groups excluding carboxylic acids is 1. The molecule has 144 valence electrons. The Bertz CT molecular complexity index is 946. The summed E-state index contributed by atoms with van der Waals surface area (Å²) >= 11 is 0. The Kier molecular flexibility index (Phi) is 5.21. The number of nitrogens with one attached hydrogen (secondary N) is 1. The number of aryl methyl sites for hydroxylation is 1. The Balaban J connectivity index is 1.52. The van der Waals surface area contributed by atoms with Crippen molar-refractivity contribution in [3.05, 3.63) is 72.2 Å². The molecular weight excluding hydrogens is 352 g/mol. The van der Waals surface area contributed by atoms with Gasteiger partial charge in [-0.15, -0.1) is 0 Å². The second-order valence-electron chi connectivity index (χ2n) is 7.17. The Morgan fingerprint density at radius 3 is 2.68 bits per heavy atom. The van der Waals surface area contributed by atoms with E-state index in [0.717, 1.165) is 22.4 Å². The highest BCUT2D eigenvalue weighted by atomic mass is 16.5. The Morgan fingerprint density at radius 2 is 1.96 bits per heavy atom. The minimum atomic E-state index is -0.535. The van der Waals surface area contributed by atoms with E-state index in [1.54, 1.807) is 12.4 Å². The van der Waals surface area contributed by atoms with Crippen molar-refractivity contribution in [2.45, 2.75) is 24.8 Å². The quantitative estimate of drug-likeness (QED) is 0.743. The number of benzene rings is 1. The van der Waals surface area contributed by atoms with Gasteiger partial charge in [-0.05, 0) is 36.1 Å². The van der Waals surface area contributed by atoms with E-state index in [-0.39, 0.29) is 5.91 Å². The van der Waals surface area contributed by atoms with E-state index in [1.165, 1.54) is 0 Å². The van der Waals surface area contributed by atoms with E-state index in [4.69, 9.17) is 4.74 Å². The van der Waals surface area contributed by atoms with Gasteiger partial charge in [0.15, 0.2) is 0 Å². The summed E-state index contributed by atoms with van der Waals surface area (Å²) in [5.74, 6) is 0.0490. The fourth-order valence-corrected chi connectivity index (χ4v) is 3.86. The van der Waals surface area contributed by atoms with Gasteiger partial charge < -0.3 is 10.1 Å². The molecule has 0 atom stereocenters. The lowest BCUT2D eigenvalue weighted by Gasteiger charge is -2.36. The van der Waals surface area contributed by atoms with Crippen LogP contribution in [0.4, 0.5) is 0 Å². The van der Waals surface area contributed by atoms with Crippen LogP contribution >= 0.6 is 0 Å². The van der Waals surface area contributed by atoms with Crippen molar-refractivity contribution in [2.24, 2.45) is 7.05 Å². The lowest BCUT2D eigenvalue weighted by molar-refractivity contribution is -0.130. The fraction of sp³-hybridized carbons (Fsp3) is 0.318. The molecule has 3 heterocycles. The molecule has 1 fully saturated rings. The second kappa shape index (κ2) is 7.94. The van der Waals surface area contributed by atoms with Crippen molar-refractivity contribution in [3.63, 3.8) is 0 Å². The summed E-state index contributed by atoms with van der Waals surface area (Å²) in [6, 6.07) is 14.0. The van der Waals surface area contributed by atoms with Gasteiger partial charge in [0.25, 0.3) is 0 Å². The van der Waals surface area contributed by atoms with E-state index in [9.17, 15) is 4.79 Å². The summed E-state index contributed by atoms with van der Waals surface area (Å²) in [6.07, 6.45) is 6.75. The molecule has 6 nitrogen and oxygen atoms in total. The molecule has 3 aromatic rings. The van der Waals surface area contributed by atoms with Crippen LogP contribution in [0.15, 0.2) is 61.1 Å². The number of ether oxygens (including phenoxy) is 1. The first-order valence-corrected chi connectivity index (χ1v) is 9.53. The van der Waals surface area contributed by atoms with Crippen molar-refractivity contribution < 1.29 is 9.53 Å². The summed E-state index contributed by atoms with van der Waals surface area (Å²) in [5.41, 5.74) is 3.45. The molecule has 4 rings (SSSR count). The largest absolute Gasteiger partial charge is 0.381 e. The summed E-state index contributed by atoms with van der Waals surface area (Å²) < 4.78 is 7.34. The third-order valence-electron chi connectivity index (χ3n) is 5.47. The first kappa shape index (κ1) is 18.4. The fourth-order valence-electron chi connectivity index (χ4n) is 3.86. The minimum Gasteiger partial charge on any atom is -0.381 e. The number of carbonyl (C=O) groups is 1. The molecule has 1 amide bonds. The van der Waals surface area contributed by atoms with E-state index in [2.05, 4.69) is 15.4 Å². The van der Waals surface area contributed by atoms with E-state index in [1.807, 2.05) is 60.4 Å². The molecule has 1 saturated heterocycles. The van der Waals surface area contributed by atoms with Crippen molar-refractivity contribution >= 4 is 5.91 Å². The highest BCUT2D eigenvalue weighted by Gasteiger charge is 2.41. The molecule has 0 saturated carbocycles. The molecule has 0 spiro atoms. The molecule has 0 unspecified atom stereocenters. The van der Waals surface area contributed by atoms with Gasteiger partial charge in [-0.3, -0.25) is 14.5 Å². The Labute approximate surface area is 164 Å². The molecule has 1 aliphatic heterocycles. The van der Waals surface area contributed by atoms with Gasteiger partial charge >= 0.3 is 0 Å². The van der Waals surface area contributed by atoms with Crippen LogP contribution < -0.4 is 5.32 Å². The lowest BCUT2D eigenvalue weighted by Crippen LogP contribution is -2.47. The number of hydrogen-bond donors (Lipinski definition) is 1. The summed E-state index contributed by atoms with van der Waals surface area (Å²) in [6.45, 7) is 1.63. The van der Waals surface area contributed by atoms with Gasteiger partial charge in [-0.25, -0.2) is 0 Å². The molecule has 1 aliphatic rings. The molecule has 0 radical (unpaired) electrons. The number of rotatable bonds is 5. The molecule has 2 aromatic heterocycles. The van der Waals surface area contributed by atoms with E-state index >= 15 is 0 Å². The minimum absolute atomic E-state index is 0.0490. The van der Waals surface area contributed by atoms with Gasteiger partial charge in [0, 0.05) is 51.0 Å². The van der Waals surface area contributed by atoms with Gasteiger partial charge in [-0.2, -0.15) is 5.10 Å². The Morgan fingerprint density at radius 1 is 1.18 bits per heavy atom. The normalized spacial score (nSPS) is 15.9. The topological polar surface area (TPSA) is 69.0 Å². The maximum absolute atomic E-state index is 13.3. The van der Waals surface area contributed by atoms with Crippen LogP contribution in [-0.2, 0) is 28.5 Å². The van der Waals surface area contributed by atoms with E-state index in [0.29, 0.717) is 32.6 Å². The van der Waals surface area contributed by atoms with Crippen LogP contribution in [0.5, 0.6) is 0 Å². The molecule has 0 aliphatic carbocycles. The first-order valence-electron chi connectivity index (χ1n) is 9.53. The van der Waals surface area contributed by atoms with Crippen molar-refractivity contribution in [1.82, 2.24) is 20.1 Å². The van der Waals surface area contributed by atoms with Crippen LogP contribution in [-0.4, -0.2) is 33.9 Å². The summed E-state index contributed by atoms with van der Waals surface area (Å²) in [5, 5.41) is 7.35. The maximum Gasteiger partial charge on any atom is 0.231 e. The highest BCUT2D eigenvalue weighted by molar-refractivity contribution is 5.88. The third-order valence-corrected chi connectivity index (χ3v) is 5.47. The zero-order chi connectivity index (χ0) is 19.4. The predicted octanol–water partition coefficient (Wildman–Crippen LogP) is 2.85. The molecule has 6 heteroatoms. The highest BCUT2D eigenvalue weighted by Crippen LogP contribution is 2.35. The van der Waals surface area contributed by atoms with Crippen LogP contribution in [0.3, 0.4) is 0 Å². The lowest BCUT2D eigenvalue weighted by atomic mass is 9.73. The number of aromatic nitrogens is 3. The Hall–Kier alpha value is -2.99. The van der Waals surface area contributed by atoms with E-state index < -0.39 is 5.41 Å². The zero-order valence-corrected chi connectivity index (χ0v) is 16.0. The van der Waals surface area contributed by atoms with Crippen LogP contribution in [0, 0.1) is 0 Å². The maximum atomic E-state index is 13.3. The molecule has 28 heavy (non-hydrogen) atoms. The van der Waals surface area contributed by atoms with Crippen LogP contribution in [0.25, 0.3) is 11.3 Å². The van der Waals surface area contributed by atoms with Crippen molar-refractivity contribution in [2.75, 3.05) is 13.2 Å². The predicted molar refractivity (Wildman–Crippen MR) is 106 cm³/mol. The third kappa shape index (κ3) is 3.55. The van der Waals surface area contributed by atoms with Crippen molar-refractivity contribution in [1.29, 1.82) is 0 Å². The molecular formula is C22H24N4O2. The summed E-state index contributed by atoms with van der Waals surface area (Å²) in [4.78, 5) is 17.6. The molecule has 0 bridgehead atoms. The average molecular weight is 376 g/mol. The van der Waals surface area contributed by atoms with Gasteiger partial charge in [0.1, 0.15) is 0 Å².